The topological polar surface area (TPSA) is 56.4 Å². The maximum atomic E-state index is 13.0. The summed E-state index contributed by atoms with van der Waals surface area (Å²) < 4.78 is 38.9. The lowest BCUT2D eigenvalue weighted by molar-refractivity contribution is -0.136. The third-order valence-corrected chi connectivity index (χ3v) is 3.60. The standard InChI is InChI=1S/C17H17F3N4OS/c1-24(2)12-7-5-6-11(10-12)15(25)22-23-16(26)21-14-9-4-3-8-13(14)17(18,19)20/h3-10H,1-2H3,(H,22,25)(H2,21,23,26). The second kappa shape index (κ2) is 8.05. The van der Waals surface area contributed by atoms with Crippen LogP contribution in [0.5, 0.6) is 0 Å². The lowest BCUT2D eigenvalue weighted by Gasteiger charge is -2.16. The molecule has 0 aliphatic carbocycles. The van der Waals surface area contributed by atoms with Gasteiger partial charge in [-0.3, -0.25) is 15.6 Å². The van der Waals surface area contributed by atoms with Crippen molar-refractivity contribution in [1.29, 1.82) is 0 Å². The fraction of sp³-hybridized carbons (Fsp3) is 0.176. The van der Waals surface area contributed by atoms with Crippen LogP contribution in [-0.2, 0) is 6.18 Å². The zero-order chi connectivity index (χ0) is 19.3. The van der Waals surface area contributed by atoms with Gasteiger partial charge in [0.15, 0.2) is 5.11 Å². The van der Waals surface area contributed by atoms with Crippen LogP contribution in [0.25, 0.3) is 0 Å². The highest BCUT2D eigenvalue weighted by molar-refractivity contribution is 7.80. The first-order valence-electron chi connectivity index (χ1n) is 7.49. The zero-order valence-electron chi connectivity index (χ0n) is 14.0. The van der Waals surface area contributed by atoms with E-state index >= 15 is 0 Å². The molecule has 1 amide bonds. The lowest BCUT2D eigenvalue weighted by Crippen LogP contribution is -2.44. The Bertz CT molecular complexity index is 809. The van der Waals surface area contributed by atoms with Crippen molar-refractivity contribution in [2.24, 2.45) is 0 Å². The van der Waals surface area contributed by atoms with Crippen LogP contribution in [0.1, 0.15) is 15.9 Å². The van der Waals surface area contributed by atoms with Crippen molar-refractivity contribution in [3.63, 3.8) is 0 Å². The van der Waals surface area contributed by atoms with Crippen molar-refractivity contribution in [1.82, 2.24) is 10.9 Å². The number of hydrogen-bond donors (Lipinski definition) is 3. The molecule has 3 N–H and O–H groups in total. The molecule has 5 nitrogen and oxygen atoms in total. The molecule has 2 aromatic carbocycles. The van der Waals surface area contributed by atoms with Gasteiger partial charge in [-0.1, -0.05) is 18.2 Å². The Morgan fingerprint density at radius 2 is 1.73 bits per heavy atom. The van der Waals surface area contributed by atoms with E-state index in [1.165, 1.54) is 18.2 Å². The molecule has 2 rings (SSSR count). The van der Waals surface area contributed by atoms with Gasteiger partial charge in [-0.05, 0) is 42.5 Å². The summed E-state index contributed by atoms with van der Waals surface area (Å²) in [6, 6.07) is 11.8. The molecule has 0 bridgehead atoms. The van der Waals surface area contributed by atoms with E-state index in [-0.39, 0.29) is 10.8 Å². The maximum Gasteiger partial charge on any atom is 0.418 e. The summed E-state index contributed by atoms with van der Waals surface area (Å²) in [5, 5.41) is 2.26. The van der Waals surface area contributed by atoms with E-state index in [0.29, 0.717) is 5.56 Å². The Morgan fingerprint density at radius 1 is 1.04 bits per heavy atom. The Labute approximate surface area is 154 Å². The first kappa shape index (κ1) is 19.5. The molecule has 2 aromatic rings. The van der Waals surface area contributed by atoms with E-state index in [1.807, 2.05) is 25.1 Å². The summed E-state index contributed by atoms with van der Waals surface area (Å²) in [5.41, 5.74) is 4.90. The zero-order valence-corrected chi connectivity index (χ0v) is 14.8. The first-order valence-corrected chi connectivity index (χ1v) is 7.90. The molecule has 0 saturated heterocycles. The number of rotatable bonds is 3. The lowest BCUT2D eigenvalue weighted by atomic mass is 10.1. The monoisotopic (exact) mass is 382 g/mol. The minimum absolute atomic E-state index is 0.168. The summed E-state index contributed by atoms with van der Waals surface area (Å²) in [4.78, 5) is 14.0. The van der Waals surface area contributed by atoms with Gasteiger partial charge in [-0.25, -0.2) is 0 Å². The largest absolute Gasteiger partial charge is 0.418 e. The Kier molecular flexibility index (Phi) is 6.04. The number of alkyl halides is 3. The van der Waals surface area contributed by atoms with Crippen molar-refractivity contribution in [2.75, 3.05) is 24.3 Å². The minimum atomic E-state index is -4.52. The number of benzene rings is 2. The van der Waals surface area contributed by atoms with Gasteiger partial charge in [0, 0.05) is 25.3 Å². The number of halogens is 3. The highest BCUT2D eigenvalue weighted by Crippen LogP contribution is 2.34. The van der Waals surface area contributed by atoms with Gasteiger partial charge in [0.1, 0.15) is 0 Å². The summed E-state index contributed by atoms with van der Waals surface area (Å²) in [6.45, 7) is 0. The van der Waals surface area contributed by atoms with Gasteiger partial charge < -0.3 is 10.2 Å². The molecule has 138 valence electrons. The van der Waals surface area contributed by atoms with Crippen LogP contribution < -0.4 is 21.1 Å². The normalized spacial score (nSPS) is 10.8. The number of amides is 1. The number of thiocarbonyl (C=S) groups is 1. The molecule has 0 atom stereocenters. The van der Waals surface area contributed by atoms with Crippen LogP contribution in [0, 0.1) is 0 Å². The van der Waals surface area contributed by atoms with Crippen LogP contribution in [0.3, 0.4) is 0 Å². The van der Waals surface area contributed by atoms with Crippen molar-refractivity contribution in [3.05, 3.63) is 59.7 Å². The second-order valence-corrected chi connectivity index (χ2v) is 5.93. The molecule has 0 aliphatic heterocycles. The van der Waals surface area contributed by atoms with E-state index in [2.05, 4.69) is 16.2 Å². The molecule has 0 unspecified atom stereocenters. The average Bonchev–Trinajstić information content (AvgIpc) is 2.59. The summed E-state index contributed by atoms with van der Waals surface area (Å²) in [5.74, 6) is -0.470. The van der Waals surface area contributed by atoms with E-state index < -0.39 is 17.6 Å². The highest BCUT2D eigenvalue weighted by atomic mass is 32.1. The number of nitrogens with one attached hydrogen (secondary N) is 3. The molecule has 9 heteroatoms. The van der Waals surface area contributed by atoms with E-state index in [4.69, 9.17) is 12.2 Å². The van der Waals surface area contributed by atoms with Crippen LogP contribution in [0.2, 0.25) is 0 Å². The van der Waals surface area contributed by atoms with Crippen LogP contribution in [-0.4, -0.2) is 25.1 Å². The predicted molar refractivity (Wildman–Crippen MR) is 99.0 cm³/mol. The first-order chi connectivity index (χ1) is 12.2. The Balaban J connectivity index is 2.00. The quantitative estimate of drug-likeness (QED) is 0.561. The molecular weight excluding hydrogens is 365 g/mol. The molecular formula is C17H17F3N4OS. The molecule has 0 heterocycles. The fourth-order valence-corrected chi connectivity index (χ4v) is 2.26. The number of carbonyl (C=O) groups excluding carboxylic acids is 1. The number of para-hydroxylation sites is 1. The third-order valence-electron chi connectivity index (χ3n) is 3.39. The summed E-state index contributed by atoms with van der Waals surface area (Å²) in [6.07, 6.45) is -4.52. The molecule has 0 fully saturated rings. The number of carbonyl (C=O) groups is 1. The van der Waals surface area contributed by atoms with Gasteiger partial charge in [0.05, 0.1) is 11.3 Å². The Hall–Kier alpha value is -2.81. The molecule has 0 spiro atoms. The maximum absolute atomic E-state index is 13.0. The van der Waals surface area contributed by atoms with Crippen LogP contribution in [0.15, 0.2) is 48.5 Å². The smallest absolute Gasteiger partial charge is 0.378 e. The van der Waals surface area contributed by atoms with Gasteiger partial charge >= 0.3 is 6.18 Å². The number of anilines is 2. The van der Waals surface area contributed by atoms with Crippen molar-refractivity contribution < 1.29 is 18.0 Å². The van der Waals surface area contributed by atoms with Gasteiger partial charge in [0.25, 0.3) is 5.91 Å². The van der Waals surface area contributed by atoms with Crippen molar-refractivity contribution >= 4 is 34.6 Å². The second-order valence-electron chi connectivity index (χ2n) is 5.52. The van der Waals surface area contributed by atoms with Gasteiger partial charge in [-0.15, -0.1) is 0 Å². The van der Waals surface area contributed by atoms with Crippen molar-refractivity contribution in [3.8, 4) is 0 Å². The summed E-state index contributed by atoms with van der Waals surface area (Å²) in [7, 11) is 3.68. The number of nitrogens with zero attached hydrogens (tertiary/aromatic N) is 1. The molecule has 0 saturated carbocycles. The number of hydrogen-bond acceptors (Lipinski definition) is 3. The third kappa shape index (κ3) is 5.09. The fourth-order valence-electron chi connectivity index (χ4n) is 2.10. The van der Waals surface area contributed by atoms with Gasteiger partial charge in [0.2, 0.25) is 0 Å². The van der Waals surface area contributed by atoms with Crippen molar-refractivity contribution in [2.45, 2.75) is 6.18 Å². The van der Waals surface area contributed by atoms with E-state index in [0.717, 1.165) is 11.8 Å². The highest BCUT2D eigenvalue weighted by Gasteiger charge is 2.33. The average molecular weight is 382 g/mol. The summed E-state index contributed by atoms with van der Waals surface area (Å²) >= 11 is 4.94. The van der Waals surface area contributed by atoms with E-state index in [9.17, 15) is 18.0 Å². The molecule has 26 heavy (non-hydrogen) atoms. The van der Waals surface area contributed by atoms with E-state index in [1.54, 1.807) is 18.2 Å². The Morgan fingerprint density at radius 3 is 2.38 bits per heavy atom. The predicted octanol–water partition coefficient (Wildman–Crippen LogP) is 3.40. The van der Waals surface area contributed by atoms with Crippen LogP contribution >= 0.6 is 12.2 Å². The molecule has 0 radical (unpaired) electrons. The minimum Gasteiger partial charge on any atom is -0.378 e. The van der Waals surface area contributed by atoms with Gasteiger partial charge in [-0.2, -0.15) is 13.2 Å². The van der Waals surface area contributed by atoms with Crippen LogP contribution in [0.4, 0.5) is 24.5 Å². The molecule has 0 aromatic heterocycles. The number of hydrazine groups is 1. The SMILES string of the molecule is CN(C)c1cccc(C(=O)NNC(=S)Nc2ccccc2C(F)(F)F)c1. The molecule has 0 aliphatic rings.